The summed E-state index contributed by atoms with van der Waals surface area (Å²) in [6.07, 6.45) is 7.07. The topological polar surface area (TPSA) is 21.3 Å². The van der Waals surface area contributed by atoms with Crippen LogP contribution in [0.1, 0.15) is 43.2 Å². The number of ether oxygens (including phenoxy) is 1. The molecule has 0 aromatic heterocycles. The first-order chi connectivity index (χ1) is 13.7. The third-order valence-electron chi connectivity index (χ3n) is 7.12. The average Bonchev–Trinajstić information content (AvgIpc) is 2.67. The number of hydrogen-bond acceptors (Lipinski definition) is 2. The van der Waals surface area contributed by atoms with E-state index in [1.807, 2.05) is 24.3 Å². The molecule has 0 saturated heterocycles. The second kappa shape index (κ2) is 8.83. The van der Waals surface area contributed by atoms with Gasteiger partial charge < -0.3 is 10.1 Å². The Bertz CT molecular complexity index is 831. The molecule has 4 bridgehead atoms. The van der Waals surface area contributed by atoms with Crippen molar-refractivity contribution >= 4 is 24.0 Å². The molecule has 0 radical (unpaired) electrons. The van der Waals surface area contributed by atoms with Crippen molar-refractivity contribution in [3.8, 4) is 5.75 Å². The maximum atomic E-state index is 13.9. The minimum absolute atomic E-state index is 0. The van der Waals surface area contributed by atoms with Crippen LogP contribution in [0.25, 0.3) is 0 Å². The van der Waals surface area contributed by atoms with Crippen LogP contribution in [-0.4, -0.2) is 6.04 Å². The highest BCUT2D eigenvalue weighted by Crippen LogP contribution is 2.53. The first-order valence-corrected chi connectivity index (χ1v) is 10.9. The van der Waals surface area contributed by atoms with E-state index < -0.39 is 0 Å². The quantitative estimate of drug-likeness (QED) is 0.566. The molecule has 4 aliphatic rings. The Morgan fingerprint density at radius 3 is 2.31 bits per heavy atom. The van der Waals surface area contributed by atoms with Crippen molar-refractivity contribution in [3.63, 3.8) is 0 Å². The molecule has 2 aromatic carbocycles. The molecule has 2 aromatic rings. The molecule has 0 aliphatic heterocycles. The Labute approximate surface area is 183 Å². The number of benzene rings is 2. The summed E-state index contributed by atoms with van der Waals surface area (Å²) in [7, 11) is 0. The van der Waals surface area contributed by atoms with Crippen LogP contribution < -0.4 is 10.1 Å². The van der Waals surface area contributed by atoms with Gasteiger partial charge in [0.15, 0.2) is 0 Å². The van der Waals surface area contributed by atoms with E-state index in [9.17, 15) is 4.39 Å². The van der Waals surface area contributed by atoms with E-state index in [2.05, 4.69) is 5.32 Å². The Hall–Kier alpha value is -1.29. The Balaban J connectivity index is 0.00000205. The Morgan fingerprint density at radius 2 is 1.62 bits per heavy atom. The Morgan fingerprint density at radius 1 is 0.931 bits per heavy atom. The van der Waals surface area contributed by atoms with E-state index in [0.717, 1.165) is 41.5 Å². The second-order valence-corrected chi connectivity index (χ2v) is 9.41. The van der Waals surface area contributed by atoms with Gasteiger partial charge in [-0.05, 0) is 80.0 Å². The second-order valence-electron chi connectivity index (χ2n) is 8.97. The normalized spacial score (nSPS) is 29.5. The summed E-state index contributed by atoms with van der Waals surface area (Å²) < 4.78 is 19.9. The van der Waals surface area contributed by atoms with Gasteiger partial charge in [0.05, 0.1) is 0 Å². The fraction of sp³-hybridized carbons (Fsp3) is 0.500. The molecule has 4 fully saturated rings. The zero-order valence-corrected chi connectivity index (χ0v) is 18.0. The van der Waals surface area contributed by atoms with Crippen LogP contribution >= 0.6 is 24.0 Å². The van der Waals surface area contributed by atoms with Crippen LogP contribution in [0, 0.1) is 29.5 Å². The molecule has 0 unspecified atom stereocenters. The van der Waals surface area contributed by atoms with Gasteiger partial charge in [-0.2, -0.15) is 0 Å². The number of halogens is 3. The number of rotatable bonds is 6. The van der Waals surface area contributed by atoms with Crippen LogP contribution in [-0.2, 0) is 13.2 Å². The molecule has 0 atom stereocenters. The van der Waals surface area contributed by atoms with Crippen LogP contribution in [0.4, 0.5) is 4.39 Å². The molecule has 0 heterocycles. The molecule has 156 valence electrons. The summed E-state index contributed by atoms with van der Waals surface area (Å²) in [6.45, 7) is 0.972. The zero-order chi connectivity index (χ0) is 19.1. The van der Waals surface area contributed by atoms with Gasteiger partial charge in [-0.1, -0.05) is 29.8 Å². The predicted molar refractivity (Wildman–Crippen MR) is 117 cm³/mol. The summed E-state index contributed by atoms with van der Waals surface area (Å²) in [6, 6.07) is 13.1. The highest BCUT2D eigenvalue weighted by Gasteiger charge is 2.47. The Kier molecular flexibility index (Phi) is 6.38. The third kappa shape index (κ3) is 4.42. The van der Waals surface area contributed by atoms with Gasteiger partial charge in [0.25, 0.3) is 0 Å². The van der Waals surface area contributed by atoms with E-state index in [0.29, 0.717) is 16.6 Å². The third-order valence-corrected chi connectivity index (χ3v) is 7.35. The first-order valence-electron chi connectivity index (χ1n) is 10.5. The van der Waals surface area contributed by atoms with Crippen molar-refractivity contribution in [3.05, 3.63) is 64.4 Å². The SMILES string of the molecule is Cl.Fc1ccccc1COc1ccc(Cl)cc1CNC1C2CC3CC(C2)CC1C3. The maximum Gasteiger partial charge on any atom is 0.129 e. The van der Waals surface area contributed by atoms with Crippen molar-refractivity contribution in [2.75, 3.05) is 0 Å². The van der Waals surface area contributed by atoms with E-state index in [1.54, 1.807) is 12.1 Å². The van der Waals surface area contributed by atoms with Crippen molar-refractivity contribution < 1.29 is 9.13 Å². The van der Waals surface area contributed by atoms with Crippen LogP contribution in [0.3, 0.4) is 0 Å². The van der Waals surface area contributed by atoms with Crippen LogP contribution in [0.2, 0.25) is 5.02 Å². The summed E-state index contributed by atoms with van der Waals surface area (Å²) in [5.74, 6) is 4.17. The monoisotopic (exact) mass is 435 g/mol. The highest BCUT2D eigenvalue weighted by molar-refractivity contribution is 6.30. The first kappa shape index (κ1) is 21.0. The summed E-state index contributed by atoms with van der Waals surface area (Å²) in [5, 5.41) is 4.55. The van der Waals surface area contributed by atoms with Crippen molar-refractivity contribution in [1.29, 1.82) is 0 Å². The molecule has 6 rings (SSSR count). The molecule has 0 amide bonds. The van der Waals surface area contributed by atoms with Gasteiger partial charge in [-0.15, -0.1) is 12.4 Å². The molecular formula is C24H28Cl2FNO. The lowest BCUT2D eigenvalue weighted by Gasteiger charge is -2.54. The average molecular weight is 436 g/mol. The molecule has 29 heavy (non-hydrogen) atoms. The van der Waals surface area contributed by atoms with Crippen molar-refractivity contribution in [2.24, 2.45) is 23.7 Å². The van der Waals surface area contributed by atoms with Gasteiger partial charge in [0, 0.05) is 28.7 Å². The fourth-order valence-corrected chi connectivity index (χ4v) is 6.28. The van der Waals surface area contributed by atoms with Gasteiger partial charge in [-0.3, -0.25) is 0 Å². The molecule has 1 N–H and O–H groups in total. The molecule has 2 nitrogen and oxygen atoms in total. The van der Waals surface area contributed by atoms with Gasteiger partial charge in [0.2, 0.25) is 0 Å². The van der Waals surface area contributed by atoms with Crippen molar-refractivity contribution in [2.45, 2.75) is 51.3 Å². The molecular weight excluding hydrogens is 408 g/mol. The maximum absolute atomic E-state index is 13.9. The molecule has 4 aliphatic carbocycles. The molecule has 0 spiro atoms. The minimum Gasteiger partial charge on any atom is -0.488 e. The van der Waals surface area contributed by atoms with E-state index in [1.165, 1.54) is 38.2 Å². The fourth-order valence-electron chi connectivity index (χ4n) is 6.08. The summed E-state index contributed by atoms with van der Waals surface area (Å²) in [4.78, 5) is 0. The number of nitrogens with one attached hydrogen (secondary N) is 1. The largest absolute Gasteiger partial charge is 0.488 e. The van der Waals surface area contributed by atoms with Crippen molar-refractivity contribution in [1.82, 2.24) is 5.32 Å². The number of hydrogen-bond donors (Lipinski definition) is 1. The lowest BCUT2D eigenvalue weighted by molar-refractivity contribution is -0.0143. The highest BCUT2D eigenvalue weighted by atomic mass is 35.5. The molecule has 4 saturated carbocycles. The van der Waals surface area contributed by atoms with Crippen LogP contribution in [0.5, 0.6) is 5.75 Å². The lowest BCUT2D eigenvalue weighted by Crippen LogP contribution is -2.54. The minimum atomic E-state index is -0.232. The molecule has 5 heteroatoms. The zero-order valence-electron chi connectivity index (χ0n) is 16.5. The van der Waals surface area contributed by atoms with Gasteiger partial charge in [0.1, 0.15) is 18.2 Å². The lowest BCUT2D eigenvalue weighted by atomic mass is 9.54. The summed E-state index contributed by atoms with van der Waals surface area (Å²) in [5.41, 5.74) is 1.62. The predicted octanol–water partition coefficient (Wildman–Crippen LogP) is 6.39. The van der Waals surface area contributed by atoms with Crippen LogP contribution in [0.15, 0.2) is 42.5 Å². The summed E-state index contributed by atoms with van der Waals surface area (Å²) >= 11 is 6.26. The smallest absolute Gasteiger partial charge is 0.129 e. The van der Waals surface area contributed by atoms with E-state index in [4.69, 9.17) is 16.3 Å². The van der Waals surface area contributed by atoms with Gasteiger partial charge in [-0.25, -0.2) is 4.39 Å². The van der Waals surface area contributed by atoms with E-state index >= 15 is 0 Å². The van der Waals surface area contributed by atoms with E-state index in [-0.39, 0.29) is 24.8 Å². The van der Waals surface area contributed by atoms with Gasteiger partial charge >= 0.3 is 0 Å². The standard InChI is InChI=1S/C24H27ClFNO.ClH/c25-21-5-6-23(28-14-17-3-1-2-4-22(17)26)20(12-21)13-27-24-18-8-15-7-16(10-18)11-19(24)9-15;/h1-6,12,15-16,18-19,24,27H,7-11,13-14H2;1H.